The minimum atomic E-state index is -0.445. The molecule has 0 saturated heterocycles. The van der Waals surface area contributed by atoms with E-state index in [-0.39, 0.29) is 11.6 Å². The number of anilines is 1. The summed E-state index contributed by atoms with van der Waals surface area (Å²) in [6.45, 7) is 2.34. The summed E-state index contributed by atoms with van der Waals surface area (Å²) < 4.78 is 15.5. The third-order valence-corrected chi connectivity index (χ3v) is 4.26. The molecule has 1 aromatic heterocycles. The molecule has 5 nitrogen and oxygen atoms in total. The van der Waals surface area contributed by atoms with Crippen LogP contribution in [0.15, 0.2) is 67.0 Å². The normalized spacial score (nSPS) is 12.2. The highest BCUT2D eigenvalue weighted by Crippen LogP contribution is 2.15. The van der Waals surface area contributed by atoms with Gasteiger partial charge in [0.2, 0.25) is 5.91 Å². The summed E-state index contributed by atoms with van der Waals surface area (Å²) in [4.78, 5) is 14.3. The Morgan fingerprint density at radius 1 is 1.19 bits per heavy atom. The summed E-state index contributed by atoms with van der Waals surface area (Å²) in [5, 5.41) is 6.99. The van der Waals surface area contributed by atoms with Crippen molar-refractivity contribution in [3.05, 3.63) is 78.4 Å². The van der Waals surface area contributed by atoms with Crippen LogP contribution < -0.4 is 5.32 Å². The van der Waals surface area contributed by atoms with Crippen LogP contribution in [0.5, 0.6) is 0 Å². The number of carbonyl (C=O) groups is 1. The van der Waals surface area contributed by atoms with Crippen molar-refractivity contribution in [1.29, 1.82) is 0 Å². The number of hydrogen-bond donors (Lipinski definition) is 1. The second-order valence-electron chi connectivity index (χ2n) is 6.19. The van der Waals surface area contributed by atoms with Crippen LogP contribution in [0.4, 0.5) is 10.1 Å². The first-order valence-corrected chi connectivity index (χ1v) is 8.39. The fourth-order valence-electron chi connectivity index (χ4n) is 2.59. The average Bonchev–Trinajstić information content (AvgIpc) is 3.12. The molecule has 6 heteroatoms. The van der Waals surface area contributed by atoms with Crippen molar-refractivity contribution in [1.82, 2.24) is 14.7 Å². The summed E-state index contributed by atoms with van der Waals surface area (Å²) in [7, 11) is 1.85. The molecule has 3 rings (SSSR count). The van der Waals surface area contributed by atoms with E-state index in [1.807, 2.05) is 48.5 Å². The van der Waals surface area contributed by atoms with E-state index in [1.54, 1.807) is 36.0 Å². The molecule has 0 unspecified atom stereocenters. The Kier molecular flexibility index (Phi) is 5.43. The molecule has 3 aromatic rings. The fourth-order valence-corrected chi connectivity index (χ4v) is 2.59. The smallest absolute Gasteiger partial charge is 0.241 e. The van der Waals surface area contributed by atoms with E-state index in [4.69, 9.17) is 0 Å². The van der Waals surface area contributed by atoms with Crippen molar-refractivity contribution in [2.24, 2.45) is 0 Å². The zero-order chi connectivity index (χ0) is 18.5. The Morgan fingerprint density at radius 2 is 1.88 bits per heavy atom. The van der Waals surface area contributed by atoms with E-state index in [9.17, 15) is 9.18 Å². The lowest BCUT2D eigenvalue weighted by Gasteiger charge is -2.23. The number of halogens is 1. The maximum Gasteiger partial charge on any atom is 0.241 e. The molecule has 26 heavy (non-hydrogen) atoms. The highest BCUT2D eigenvalue weighted by Gasteiger charge is 2.19. The highest BCUT2D eigenvalue weighted by atomic mass is 19.1. The van der Waals surface area contributed by atoms with Gasteiger partial charge in [0.15, 0.2) is 0 Å². The number of hydrogen-bond acceptors (Lipinski definition) is 3. The quantitative estimate of drug-likeness (QED) is 0.739. The van der Waals surface area contributed by atoms with E-state index in [0.717, 1.165) is 11.3 Å². The number of aromatic nitrogens is 2. The van der Waals surface area contributed by atoms with Crippen LogP contribution in [0.1, 0.15) is 12.5 Å². The van der Waals surface area contributed by atoms with Crippen LogP contribution in [0, 0.1) is 5.82 Å². The van der Waals surface area contributed by atoms with Crippen molar-refractivity contribution < 1.29 is 9.18 Å². The van der Waals surface area contributed by atoms with Crippen molar-refractivity contribution in [2.75, 3.05) is 12.4 Å². The number of benzene rings is 2. The molecule has 1 heterocycles. The van der Waals surface area contributed by atoms with E-state index >= 15 is 0 Å². The van der Waals surface area contributed by atoms with Crippen LogP contribution >= 0.6 is 0 Å². The van der Waals surface area contributed by atoms with Gasteiger partial charge in [-0.25, -0.2) is 9.07 Å². The lowest BCUT2D eigenvalue weighted by Crippen LogP contribution is -2.39. The van der Waals surface area contributed by atoms with Crippen LogP contribution in [0.3, 0.4) is 0 Å². The topological polar surface area (TPSA) is 50.2 Å². The SMILES string of the molecule is C[C@H](C(=O)Nc1ccccc1F)N(C)Cc1cnn(-c2ccccc2)c1. The Bertz CT molecular complexity index is 878. The molecule has 0 fully saturated rings. The molecule has 0 aliphatic carbocycles. The molecule has 0 bridgehead atoms. The molecule has 134 valence electrons. The number of para-hydroxylation sites is 2. The molecule has 0 aliphatic heterocycles. The van der Waals surface area contributed by atoms with Crippen LogP contribution in [0.2, 0.25) is 0 Å². The number of carbonyl (C=O) groups excluding carboxylic acids is 1. The van der Waals surface area contributed by atoms with Crippen molar-refractivity contribution in [3.63, 3.8) is 0 Å². The standard InChI is InChI=1S/C20H21FN4O/c1-15(20(26)23-19-11-7-6-10-18(19)21)24(2)13-16-12-22-25(14-16)17-8-4-3-5-9-17/h3-12,14-15H,13H2,1-2H3,(H,23,26)/t15-/m1/s1. The van der Waals surface area contributed by atoms with Crippen molar-refractivity contribution in [3.8, 4) is 5.69 Å². The molecule has 1 N–H and O–H groups in total. The lowest BCUT2D eigenvalue weighted by molar-refractivity contribution is -0.120. The van der Waals surface area contributed by atoms with E-state index in [2.05, 4.69) is 10.4 Å². The molecule has 1 amide bonds. The predicted molar refractivity (Wildman–Crippen MR) is 99.5 cm³/mol. The van der Waals surface area contributed by atoms with E-state index in [0.29, 0.717) is 6.54 Å². The van der Waals surface area contributed by atoms with Crippen molar-refractivity contribution in [2.45, 2.75) is 19.5 Å². The number of amides is 1. The third-order valence-electron chi connectivity index (χ3n) is 4.26. The van der Waals surface area contributed by atoms with Gasteiger partial charge in [-0.3, -0.25) is 9.69 Å². The molecule has 0 saturated carbocycles. The van der Waals surface area contributed by atoms with Gasteiger partial charge in [-0.2, -0.15) is 5.10 Å². The molecule has 2 aromatic carbocycles. The minimum absolute atomic E-state index is 0.189. The zero-order valence-corrected chi connectivity index (χ0v) is 14.8. The molecule has 0 aliphatic rings. The van der Waals surface area contributed by atoms with Gasteiger partial charge in [-0.05, 0) is 38.2 Å². The largest absolute Gasteiger partial charge is 0.322 e. The second-order valence-corrected chi connectivity index (χ2v) is 6.19. The molecule has 0 radical (unpaired) electrons. The highest BCUT2D eigenvalue weighted by molar-refractivity contribution is 5.94. The van der Waals surface area contributed by atoms with Gasteiger partial charge in [0.1, 0.15) is 5.82 Å². The van der Waals surface area contributed by atoms with Crippen LogP contribution in [-0.2, 0) is 11.3 Å². The summed E-state index contributed by atoms with van der Waals surface area (Å²) >= 11 is 0. The van der Waals surface area contributed by atoms with Gasteiger partial charge in [0.25, 0.3) is 0 Å². The maximum atomic E-state index is 13.7. The predicted octanol–water partition coefficient (Wildman–Crippen LogP) is 3.47. The first-order valence-electron chi connectivity index (χ1n) is 8.39. The van der Waals surface area contributed by atoms with Gasteiger partial charge in [0, 0.05) is 18.3 Å². The number of nitrogens with zero attached hydrogens (tertiary/aromatic N) is 3. The summed E-state index contributed by atoms with van der Waals surface area (Å²) in [6.07, 6.45) is 3.72. The van der Waals surface area contributed by atoms with Crippen molar-refractivity contribution >= 4 is 11.6 Å². The Balaban J connectivity index is 1.62. The molecular formula is C20H21FN4O. The van der Waals surface area contributed by atoms with Gasteiger partial charge in [-0.1, -0.05) is 30.3 Å². The Labute approximate surface area is 152 Å². The van der Waals surface area contributed by atoms with Gasteiger partial charge >= 0.3 is 0 Å². The molecule has 1 atom stereocenters. The van der Waals surface area contributed by atoms with E-state index in [1.165, 1.54) is 6.07 Å². The fraction of sp³-hybridized carbons (Fsp3) is 0.200. The molecular weight excluding hydrogens is 331 g/mol. The van der Waals surface area contributed by atoms with Crippen LogP contribution in [0.25, 0.3) is 5.69 Å². The zero-order valence-electron chi connectivity index (χ0n) is 14.8. The summed E-state index contributed by atoms with van der Waals surface area (Å²) in [5.74, 6) is -0.701. The number of rotatable bonds is 6. The summed E-state index contributed by atoms with van der Waals surface area (Å²) in [5.41, 5.74) is 2.16. The van der Waals surface area contributed by atoms with Gasteiger partial charge in [0.05, 0.1) is 23.6 Å². The minimum Gasteiger partial charge on any atom is -0.322 e. The molecule has 0 spiro atoms. The number of nitrogens with one attached hydrogen (secondary N) is 1. The van der Waals surface area contributed by atoms with Gasteiger partial charge in [-0.15, -0.1) is 0 Å². The van der Waals surface area contributed by atoms with Crippen LogP contribution in [-0.4, -0.2) is 33.7 Å². The Morgan fingerprint density at radius 3 is 2.62 bits per heavy atom. The first-order chi connectivity index (χ1) is 12.5. The first kappa shape index (κ1) is 17.8. The lowest BCUT2D eigenvalue weighted by atomic mass is 10.2. The summed E-state index contributed by atoms with van der Waals surface area (Å²) in [6, 6.07) is 15.5. The second kappa shape index (κ2) is 7.93. The Hall–Kier alpha value is -2.99. The van der Waals surface area contributed by atoms with E-state index < -0.39 is 11.9 Å². The van der Waals surface area contributed by atoms with Gasteiger partial charge < -0.3 is 5.32 Å². The average molecular weight is 352 g/mol. The number of likely N-dealkylation sites (N-methyl/N-ethyl adjacent to an activating group) is 1. The monoisotopic (exact) mass is 352 g/mol. The maximum absolute atomic E-state index is 13.7. The third kappa shape index (κ3) is 4.15.